The fourth-order valence-electron chi connectivity index (χ4n) is 4.11. The molecule has 3 amide bonds. The highest BCUT2D eigenvalue weighted by molar-refractivity contribution is 9.10. The first kappa shape index (κ1) is 22.2. The number of carbonyl (C=O) groups is 3. The first-order valence-electron chi connectivity index (χ1n) is 10.6. The van der Waals surface area contributed by atoms with Crippen molar-refractivity contribution in [1.82, 2.24) is 14.7 Å². The molecule has 0 aromatic heterocycles. The number of rotatable bonds is 6. The number of carbonyl (C=O) groups excluding carboxylic acids is 3. The van der Waals surface area contributed by atoms with Crippen LogP contribution in [0.5, 0.6) is 0 Å². The summed E-state index contributed by atoms with van der Waals surface area (Å²) in [5, 5.41) is 8.90. The number of hydrogen-bond acceptors (Lipinski definition) is 5. The summed E-state index contributed by atoms with van der Waals surface area (Å²) in [5.74, 6) is -0.529. The molecule has 2 heterocycles. The second kappa shape index (κ2) is 9.63. The summed E-state index contributed by atoms with van der Waals surface area (Å²) in [7, 11) is 0. The van der Waals surface area contributed by atoms with Crippen molar-refractivity contribution in [3.8, 4) is 6.07 Å². The molecule has 2 aliphatic heterocycles. The van der Waals surface area contributed by atoms with Gasteiger partial charge in [0.1, 0.15) is 0 Å². The molecule has 0 radical (unpaired) electrons. The number of hydrogen-bond donors (Lipinski definition) is 0. The van der Waals surface area contributed by atoms with Crippen molar-refractivity contribution in [1.29, 1.82) is 5.26 Å². The third kappa shape index (κ3) is 4.74. The van der Waals surface area contributed by atoms with Crippen LogP contribution in [0.1, 0.15) is 44.7 Å². The molecule has 8 heteroatoms. The largest absolute Gasteiger partial charge is 0.340 e. The van der Waals surface area contributed by atoms with Crippen LogP contribution in [0.4, 0.5) is 0 Å². The number of nitrogens with zero attached hydrogens (tertiary/aromatic N) is 4. The van der Waals surface area contributed by atoms with Gasteiger partial charge in [-0.1, -0.05) is 28.1 Å². The van der Waals surface area contributed by atoms with Crippen LogP contribution in [0.25, 0.3) is 0 Å². The molecule has 7 nitrogen and oxygen atoms in total. The van der Waals surface area contributed by atoms with E-state index < -0.39 is 0 Å². The van der Waals surface area contributed by atoms with Gasteiger partial charge >= 0.3 is 0 Å². The van der Waals surface area contributed by atoms with E-state index in [1.165, 1.54) is 4.90 Å². The Morgan fingerprint density at radius 3 is 2.34 bits per heavy atom. The van der Waals surface area contributed by atoms with Gasteiger partial charge in [0.05, 0.1) is 22.8 Å². The van der Waals surface area contributed by atoms with E-state index in [-0.39, 0.29) is 24.3 Å². The summed E-state index contributed by atoms with van der Waals surface area (Å²) in [4.78, 5) is 43.0. The second-order valence-corrected chi connectivity index (χ2v) is 8.94. The lowest BCUT2D eigenvalue weighted by Crippen LogP contribution is -2.48. The zero-order valence-corrected chi connectivity index (χ0v) is 19.2. The van der Waals surface area contributed by atoms with E-state index in [4.69, 9.17) is 5.26 Å². The summed E-state index contributed by atoms with van der Waals surface area (Å²) >= 11 is 3.33. The van der Waals surface area contributed by atoms with Crippen LogP contribution >= 0.6 is 15.9 Å². The Bertz CT molecular complexity index is 1090. The summed E-state index contributed by atoms with van der Waals surface area (Å²) in [6, 6.07) is 14.8. The van der Waals surface area contributed by atoms with Gasteiger partial charge in [-0.25, -0.2) is 0 Å². The first-order valence-corrected chi connectivity index (χ1v) is 11.4. The average Bonchev–Trinajstić information content (AvgIpc) is 3.04. The fraction of sp³-hybridized carbons (Fsp3) is 0.333. The Balaban J connectivity index is 1.21. The van der Waals surface area contributed by atoms with Gasteiger partial charge in [0.25, 0.3) is 11.8 Å². The Morgan fingerprint density at radius 1 is 0.969 bits per heavy atom. The molecule has 0 spiro atoms. The van der Waals surface area contributed by atoms with Gasteiger partial charge in [-0.3, -0.25) is 24.2 Å². The zero-order valence-electron chi connectivity index (χ0n) is 17.6. The van der Waals surface area contributed by atoms with Crippen molar-refractivity contribution in [2.24, 2.45) is 0 Å². The van der Waals surface area contributed by atoms with E-state index in [9.17, 15) is 14.4 Å². The van der Waals surface area contributed by atoms with E-state index in [1.54, 1.807) is 18.2 Å². The van der Waals surface area contributed by atoms with E-state index in [2.05, 4.69) is 26.9 Å². The molecule has 0 saturated carbocycles. The number of imide groups is 1. The van der Waals surface area contributed by atoms with Crippen LogP contribution in [0.2, 0.25) is 0 Å². The molecule has 2 aliphatic rings. The zero-order chi connectivity index (χ0) is 22.7. The monoisotopic (exact) mass is 494 g/mol. The van der Waals surface area contributed by atoms with E-state index in [0.29, 0.717) is 42.6 Å². The average molecular weight is 495 g/mol. The standard InChI is InChI=1S/C24H23BrN4O3/c25-19-7-8-20-21(14-19)24(32)29(23(20)31)9-1-2-22(30)28-12-10-27(11-13-28)16-18-5-3-17(15-26)4-6-18/h3-8,14H,1-2,9-13,16H2. The van der Waals surface area contributed by atoms with Gasteiger partial charge in [0.2, 0.25) is 5.91 Å². The SMILES string of the molecule is N#Cc1ccc(CN2CCN(C(=O)CCCN3C(=O)c4ccc(Br)cc4C3=O)CC2)cc1. The number of nitriles is 1. The molecular weight excluding hydrogens is 472 g/mol. The predicted octanol–water partition coefficient (Wildman–Crippen LogP) is 3.04. The minimum Gasteiger partial charge on any atom is -0.340 e. The third-order valence-electron chi connectivity index (χ3n) is 5.92. The summed E-state index contributed by atoms with van der Waals surface area (Å²) < 4.78 is 0.757. The molecule has 0 atom stereocenters. The molecule has 1 saturated heterocycles. The van der Waals surface area contributed by atoms with Gasteiger partial charge < -0.3 is 4.90 Å². The number of benzene rings is 2. The van der Waals surface area contributed by atoms with Crippen molar-refractivity contribution in [3.63, 3.8) is 0 Å². The minimum atomic E-state index is -0.296. The van der Waals surface area contributed by atoms with Crippen LogP contribution in [0.15, 0.2) is 46.9 Å². The van der Waals surface area contributed by atoms with Crippen LogP contribution in [0.3, 0.4) is 0 Å². The molecule has 0 N–H and O–H groups in total. The highest BCUT2D eigenvalue weighted by atomic mass is 79.9. The van der Waals surface area contributed by atoms with Crippen LogP contribution in [0, 0.1) is 11.3 Å². The Morgan fingerprint density at radius 2 is 1.66 bits per heavy atom. The van der Waals surface area contributed by atoms with Gasteiger partial charge in [0, 0.05) is 50.2 Å². The topological polar surface area (TPSA) is 84.7 Å². The molecule has 1 fully saturated rings. The maximum Gasteiger partial charge on any atom is 0.261 e. The Hall–Kier alpha value is -3.02. The van der Waals surface area contributed by atoms with Crippen LogP contribution in [-0.4, -0.2) is 65.1 Å². The molecule has 164 valence electrons. The second-order valence-electron chi connectivity index (χ2n) is 8.02. The number of fused-ring (bicyclic) bond motifs is 1. The maximum absolute atomic E-state index is 12.6. The maximum atomic E-state index is 12.6. The highest BCUT2D eigenvalue weighted by Crippen LogP contribution is 2.26. The quantitative estimate of drug-likeness (QED) is 0.576. The molecule has 2 aromatic rings. The molecule has 0 bridgehead atoms. The predicted molar refractivity (Wildman–Crippen MR) is 122 cm³/mol. The van der Waals surface area contributed by atoms with Crippen LogP contribution < -0.4 is 0 Å². The van der Waals surface area contributed by atoms with E-state index in [1.807, 2.05) is 29.2 Å². The lowest BCUT2D eigenvalue weighted by atomic mass is 10.1. The molecule has 32 heavy (non-hydrogen) atoms. The van der Waals surface area contributed by atoms with Crippen molar-refractivity contribution >= 4 is 33.7 Å². The minimum absolute atomic E-state index is 0.0578. The lowest BCUT2D eigenvalue weighted by Gasteiger charge is -2.35. The third-order valence-corrected chi connectivity index (χ3v) is 6.41. The van der Waals surface area contributed by atoms with Crippen LogP contribution in [-0.2, 0) is 11.3 Å². The Kier molecular flexibility index (Phi) is 6.68. The number of amides is 3. The normalized spacial score (nSPS) is 16.2. The fourth-order valence-corrected chi connectivity index (χ4v) is 4.47. The molecule has 0 unspecified atom stereocenters. The smallest absolute Gasteiger partial charge is 0.261 e. The van der Waals surface area contributed by atoms with Crippen molar-refractivity contribution in [2.75, 3.05) is 32.7 Å². The van der Waals surface area contributed by atoms with E-state index >= 15 is 0 Å². The number of piperazine rings is 1. The molecule has 0 aliphatic carbocycles. The van der Waals surface area contributed by atoms with Crippen molar-refractivity contribution in [2.45, 2.75) is 19.4 Å². The summed E-state index contributed by atoms with van der Waals surface area (Å²) in [6.07, 6.45) is 0.768. The van der Waals surface area contributed by atoms with E-state index in [0.717, 1.165) is 29.7 Å². The first-order chi connectivity index (χ1) is 15.5. The van der Waals surface area contributed by atoms with Gasteiger partial charge in [-0.05, 0) is 42.3 Å². The van der Waals surface area contributed by atoms with Crippen molar-refractivity contribution < 1.29 is 14.4 Å². The van der Waals surface area contributed by atoms with Crippen molar-refractivity contribution in [3.05, 3.63) is 69.2 Å². The highest BCUT2D eigenvalue weighted by Gasteiger charge is 2.35. The van der Waals surface area contributed by atoms with Gasteiger partial charge in [-0.15, -0.1) is 0 Å². The number of halogens is 1. The summed E-state index contributed by atoms with van der Waals surface area (Å²) in [6.45, 7) is 3.95. The molecule has 2 aromatic carbocycles. The van der Waals surface area contributed by atoms with Gasteiger partial charge in [0.15, 0.2) is 0 Å². The lowest BCUT2D eigenvalue weighted by molar-refractivity contribution is -0.133. The Labute approximate surface area is 195 Å². The molecular formula is C24H23BrN4O3. The molecule has 4 rings (SSSR count). The summed E-state index contributed by atoms with van der Waals surface area (Å²) in [5.41, 5.74) is 2.63. The van der Waals surface area contributed by atoms with Gasteiger partial charge in [-0.2, -0.15) is 5.26 Å².